The first-order chi connectivity index (χ1) is 10.2. The summed E-state index contributed by atoms with van der Waals surface area (Å²) in [6.45, 7) is 2.37. The lowest BCUT2D eigenvalue weighted by molar-refractivity contribution is 0.145. The number of cyclic esters (lactones) is 1. The van der Waals surface area contributed by atoms with Gasteiger partial charge in [-0.2, -0.15) is 11.8 Å². The largest absolute Gasteiger partial charge is 0.443 e. The van der Waals surface area contributed by atoms with Gasteiger partial charge in [0.25, 0.3) is 0 Å². The molecular formula is C14H18FN3O2S. The van der Waals surface area contributed by atoms with Gasteiger partial charge in [0.05, 0.1) is 12.2 Å². The van der Waals surface area contributed by atoms with Crippen LogP contribution in [-0.4, -0.2) is 44.1 Å². The summed E-state index contributed by atoms with van der Waals surface area (Å²) in [5.74, 6) is 0.695. The summed E-state index contributed by atoms with van der Waals surface area (Å²) in [7, 11) is 0. The first-order valence-electron chi connectivity index (χ1n) is 6.99. The van der Waals surface area contributed by atoms with Crippen molar-refractivity contribution in [3.8, 4) is 0 Å². The lowest BCUT2D eigenvalue weighted by atomic mass is 10.1. The van der Waals surface area contributed by atoms with E-state index in [9.17, 15) is 9.18 Å². The first-order valence-corrected chi connectivity index (χ1v) is 8.04. The third-order valence-corrected chi connectivity index (χ3v) is 4.97. The number of halogens is 1. The van der Waals surface area contributed by atoms with Crippen molar-refractivity contribution in [1.82, 2.24) is 5.32 Å². The average molecular weight is 311 g/mol. The zero-order valence-electron chi connectivity index (χ0n) is 11.5. The number of hydrogen-bond donors (Lipinski definition) is 2. The van der Waals surface area contributed by atoms with Crippen LogP contribution in [0.25, 0.3) is 0 Å². The Hall–Kier alpha value is -1.31. The molecular weight excluding hydrogens is 293 g/mol. The van der Waals surface area contributed by atoms with Crippen LogP contribution < -0.4 is 16.0 Å². The molecule has 2 atom stereocenters. The second-order valence-electron chi connectivity index (χ2n) is 5.12. The third kappa shape index (κ3) is 3.00. The van der Waals surface area contributed by atoms with Crippen molar-refractivity contribution in [2.75, 3.05) is 36.8 Å². The number of carbonyl (C=O) groups excluding carboxylic acids is 1. The minimum atomic E-state index is -0.466. The zero-order valence-corrected chi connectivity index (χ0v) is 12.4. The Bertz CT molecular complexity index is 537. The molecule has 3 N–H and O–H groups in total. The Morgan fingerprint density at radius 1 is 1.52 bits per heavy atom. The van der Waals surface area contributed by atoms with E-state index in [1.807, 2.05) is 0 Å². The fraction of sp³-hybridized carbons (Fsp3) is 0.500. The van der Waals surface area contributed by atoms with Gasteiger partial charge in [-0.1, -0.05) is 6.07 Å². The molecule has 1 unspecified atom stereocenters. The van der Waals surface area contributed by atoms with Crippen molar-refractivity contribution in [2.24, 2.45) is 5.73 Å². The monoisotopic (exact) mass is 311 g/mol. The highest BCUT2D eigenvalue weighted by Gasteiger charge is 2.32. The van der Waals surface area contributed by atoms with Gasteiger partial charge in [0.2, 0.25) is 0 Å². The molecule has 2 aliphatic rings. The van der Waals surface area contributed by atoms with Gasteiger partial charge in [0, 0.05) is 36.2 Å². The predicted molar refractivity (Wildman–Crippen MR) is 81.1 cm³/mol. The van der Waals surface area contributed by atoms with Gasteiger partial charge in [-0.15, -0.1) is 0 Å². The van der Waals surface area contributed by atoms with Crippen molar-refractivity contribution < 1.29 is 13.9 Å². The molecule has 2 saturated heterocycles. The fourth-order valence-electron chi connectivity index (χ4n) is 2.57. The van der Waals surface area contributed by atoms with E-state index in [4.69, 9.17) is 10.5 Å². The van der Waals surface area contributed by atoms with Gasteiger partial charge in [-0.3, -0.25) is 4.90 Å². The molecule has 3 rings (SSSR count). The van der Waals surface area contributed by atoms with Crippen molar-refractivity contribution in [1.29, 1.82) is 0 Å². The maximum Gasteiger partial charge on any atom is 0.414 e. The Morgan fingerprint density at radius 2 is 2.38 bits per heavy atom. The Balaban J connectivity index is 1.79. The molecule has 0 aromatic heterocycles. The van der Waals surface area contributed by atoms with Crippen LogP contribution in [0.5, 0.6) is 0 Å². The summed E-state index contributed by atoms with van der Waals surface area (Å²) in [5, 5.41) is 3.39. The summed E-state index contributed by atoms with van der Waals surface area (Å²) >= 11 is 1.75. The van der Waals surface area contributed by atoms with E-state index in [-0.39, 0.29) is 23.7 Å². The zero-order chi connectivity index (χ0) is 14.8. The molecule has 2 fully saturated rings. The van der Waals surface area contributed by atoms with Crippen LogP contribution in [0.1, 0.15) is 10.8 Å². The van der Waals surface area contributed by atoms with Crippen LogP contribution in [-0.2, 0) is 4.74 Å². The molecule has 5 nitrogen and oxygen atoms in total. The maximum atomic E-state index is 14.3. The maximum absolute atomic E-state index is 14.3. The summed E-state index contributed by atoms with van der Waals surface area (Å²) < 4.78 is 19.4. The number of nitrogens with two attached hydrogens (primary N) is 1. The van der Waals surface area contributed by atoms with E-state index in [1.54, 1.807) is 23.9 Å². The smallest absolute Gasteiger partial charge is 0.414 e. The molecule has 1 aromatic carbocycles. The van der Waals surface area contributed by atoms with E-state index >= 15 is 0 Å². The van der Waals surface area contributed by atoms with Crippen molar-refractivity contribution in [3.05, 3.63) is 29.6 Å². The van der Waals surface area contributed by atoms with E-state index in [1.165, 1.54) is 11.0 Å². The molecule has 1 aromatic rings. The van der Waals surface area contributed by atoms with Crippen molar-refractivity contribution >= 4 is 23.5 Å². The number of anilines is 1. The molecule has 0 saturated carbocycles. The van der Waals surface area contributed by atoms with Gasteiger partial charge < -0.3 is 15.8 Å². The topological polar surface area (TPSA) is 67.6 Å². The molecule has 7 heteroatoms. The number of carbonyl (C=O) groups is 1. The summed E-state index contributed by atoms with van der Waals surface area (Å²) in [4.78, 5) is 13.2. The number of benzene rings is 1. The minimum absolute atomic E-state index is 0.120. The third-order valence-electron chi connectivity index (χ3n) is 3.71. The summed E-state index contributed by atoms with van der Waals surface area (Å²) in [6.07, 6.45) is -0.787. The van der Waals surface area contributed by atoms with Crippen LogP contribution in [0, 0.1) is 5.82 Å². The standard InChI is InChI=1S/C14H18FN3O2S/c15-12-5-9(18-8-10(6-16)20-14(18)19)1-2-11(12)13-7-17-3-4-21-13/h1-2,5,10,13,17H,3-4,6-8,16H2/t10-,13?/m0/s1. The molecule has 21 heavy (non-hydrogen) atoms. The molecule has 2 heterocycles. The van der Waals surface area contributed by atoms with Crippen LogP contribution in [0.4, 0.5) is 14.9 Å². The second kappa shape index (κ2) is 6.21. The molecule has 1 amide bonds. The van der Waals surface area contributed by atoms with Gasteiger partial charge in [-0.25, -0.2) is 9.18 Å². The van der Waals surface area contributed by atoms with E-state index in [0.29, 0.717) is 17.8 Å². The van der Waals surface area contributed by atoms with E-state index < -0.39 is 6.09 Å². The Kier molecular flexibility index (Phi) is 4.32. The predicted octanol–water partition coefficient (Wildman–Crippen LogP) is 1.49. The molecule has 2 aliphatic heterocycles. The lowest BCUT2D eigenvalue weighted by Gasteiger charge is -2.24. The van der Waals surface area contributed by atoms with Crippen LogP contribution in [0.15, 0.2) is 18.2 Å². The Morgan fingerprint density at radius 3 is 3.00 bits per heavy atom. The highest BCUT2D eigenvalue weighted by atomic mass is 32.2. The molecule has 0 spiro atoms. The molecule has 0 aliphatic carbocycles. The van der Waals surface area contributed by atoms with Crippen molar-refractivity contribution in [2.45, 2.75) is 11.4 Å². The van der Waals surface area contributed by atoms with E-state index in [0.717, 1.165) is 18.8 Å². The quantitative estimate of drug-likeness (QED) is 0.885. The number of thioether (sulfide) groups is 1. The lowest BCUT2D eigenvalue weighted by Crippen LogP contribution is -2.29. The minimum Gasteiger partial charge on any atom is -0.443 e. The number of ether oxygens (including phenoxy) is 1. The first kappa shape index (κ1) is 14.6. The SMILES string of the molecule is NC[C@H]1CN(c2ccc(C3CNCCS3)c(F)c2)C(=O)O1. The van der Waals surface area contributed by atoms with Crippen LogP contribution >= 0.6 is 11.8 Å². The van der Waals surface area contributed by atoms with Gasteiger partial charge in [0.1, 0.15) is 11.9 Å². The van der Waals surface area contributed by atoms with Gasteiger partial charge in [-0.05, 0) is 12.1 Å². The normalized spacial score (nSPS) is 26.0. The molecule has 114 valence electrons. The van der Waals surface area contributed by atoms with Gasteiger partial charge in [0.15, 0.2) is 0 Å². The number of amides is 1. The number of rotatable bonds is 3. The number of nitrogens with one attached hydrogen (secondary N) is 1. The van der Waals surface area contributed by atoms with Crippen LogP contribution in [0.2, 0.25) is 0 Å². The summed E-state index contributed by atoms with van der Waals surface area (Å²) in [5.41, 5.74) is 6.70. The molecule has 0 bridgehead atoms. The van der Waals surface area contributed by atoms with Crippen molar-refractivity contribution in [3.63, 3.8) is 0 Å². The van der Waals surface area contributed by atoms with Gasteiger partial charge >= 0.3 is 6.09 Å². The highest BCUT2D eigenvalue weighted by Crippen LogP contribution is 2.34. The van der Waals surface area contributed by atoms with E-state index in [2.05, 4.69) is 5.32 Å². The number of nitrogens with zero attached hydrogens (tertiary/aromatic N) is 1. The average Bonchev–Trinajstić information content (AvgIpc) is 2.89. The molecule has 0 radical (unpaired) electrons. The highest BCUT2D eigenvalue weighted by molar-refractivity contribution is 7.99. The second-order valence-corrected chi connectivity index (χ2v) is 6.43. The number of hydrogen-bond acceptors (Lipinski definition) is 5. The van der Waals surface area contributed by atoms with Crippen LogP contribution in [0.3, 0.4) is 0 Å². The fourth-order valence-corrected chi connectivity index (χ4v) is 3.72. The Labute approximate surface area is 127 Å². The summed E-state index contributed by atoms with van der Waals surface area (Å²) in [6, 6.07) is 4.94.